The van der Waals surface area contributed by atoms with E-state index in [1.54, 1.807) is 6.08 Å². The van der Waals surface area contributed by atoms with Gasteiger partial charge in [0.2, 0.25) is 0 Å². The van der Waals surface area contributed by atoms with E-state index < -0.39 is 0 Å². The van der Waals surface area contributed by atoms with Crippen LogP contribution in [-0.2, 0) is 0 Å². The molecule has 0 spiro atoms. The smallest absolute Gasteiger partial charge is 0.254 e. The van der Waals surface area contributed by atoms with E-state index in [0.717, 1.165) is 35.3 Å². The van der Waals surface area contributed by atoms with Crippen molar-refractivity contribution in [2.24, 2.45) is 0 Å². The summed E-state index contributed by atoms with van der Waals surface area (Å²) in [7, 11) is 6.18. The predicted octanol–water partition coefficient (Wildman–Crippen LogP) is 3.81. The first kappa shape index (κ1) is 19.5. The second-order valence-electron chi connectivity index (χ2n) is 7.33. The number of rotatable bonds is 6. The minimum Gasteiger partial charge on any atom is -0.490 e. The lowest BCUT2D eigenvalue weighted by molar-refractivity contribution is 0.0543. The highest BCUT2D eigenvalue weighted by atomic mass is 16.5. The molecule has 1 fully saturated rings. The number of aryl methyl sites for hydroxylation is 2. The molecule has 0 radical (unpaired) electrons. The molecule has 2 unspecified atom stereocenters. The summed E-state index contributed by atoms with van der Waals surface area (Å²) in [6.07, 6.45) is 6.39. The fraction of sp³-hybridized carbons (Fsp3) is 0.571. The van der Waals surface area contributed by atoms with Gasteiger partial charge in [-0.2, -0.15) is 0 Å². The molecule has 0 N–H and O–H groups in total. The molecule has 0 heterocycles. The van der Waals surface area contributed by atoms with E-state index in [1.165, 1.54) is 12.8 Å². The van der Waals surface area contributed by atoms with Crippen LogP contribution < -0.4 is 4.74 Å². The second kappa shape index (κ2) is 8.52. The number of amides is 1. The molecular formula is C21H32N2O2. The van der Waals surface area contributed by atoms with Crippen LogP contribution in [0.2, 0.25) is 0 Å². The molecule has 0 bridgehead atoms. The quantitative estimate of drug-likeness (QED) is 0.736. The van der Waals surface area contributed by atoms with Gasteiger partial charge in [0.1, 0.15) is 12.4 Å². The lowest BCUT2D eigenvalue weighted by Gasteiger charge is -2.41. The number of hydrogen-bond acceptors (Lipinski definition) is 3. The zero-order chi connectivity index (χ0) is 18.6. The largest absolute Gasteiger partial charge is 0.490 e. The van der Waals surface area contributed by atoms with Crippen LogP contribution in [0.5, 0.6) is 5.75 Å². The molecule has 0 aliphatic heterocycles. The van der Waals surface area contributed by atoms with Crippen molar-refractivity contribution in [1.29, 1.82) is 0 Å². The average molecular weight is 344 g/mol. The Labute approximate surface area is 152 Å². The van der Waals surface area contributed by atoms with Crippen molar-refractivity contribution in [3.05, 3.63) is 41.5 Å². The van der Waals surface area contributed by atoms with Gasteiger partial charge in [0.15, 0.2) is 0 Å². The van der Waals surface area contributed by atoms with Gasteiger partial charge in [0, 0.05) is 24.7 Å². The van der Waals surface area contributed by atoms with Gasteiger partial charge in [0.25, 0.3) is 5.91 Å². The van der Waals surface area contributed by atoms with Crippen molar-refractivity contribution < 1.29 is 9.53 Å². The summed E-state index contributed by atoms with van der Waals surface area (Å²) in [5.41, 5.74) is 2.73. The molecule has 1 aliphatic carbocycles. The van der Waals surface area contributed by atoms with E-state index in [0.29, 0.717) is 12.6 Å². The number of benzene rings is 1. The highest BCUT2D eigenvalue weighted by Crippen LogP contribution is 2.29. The molecule has 2 atom stereocenters. The molecule has 1 aromatic rings. The van der Waals surface area contributed by atoms with Crippen LogP contribution in [0.3, 0.4) is 0 Å². The molecule has 1 saturated carbocycles. The summed E-state index contributed by atoms with van der Waals surface area (Å²) in [5.74, 6) is 0.905. The normalized spacial score (nSPS) is 20.4. The van der Waals surface area contributed by atoms with Crippen molar-refractivity contribution in [2.45, 2.75) is 51.6 Å². The fourth-order valence-corrected chi connectivity index (χ4v) is 3.97. The summed E-state index contributed by atoms with van der Waals surface area (Å²) in [6, 6.07) is 4.59. The van der Waals surface area contributed by atoms with E-state index in [4.69, 9.17) is 4.74 Å². The summed E-state index contributed by atoms with van der Waals surface area (Å²) in [6.45, 7) is 8.11. The van der Waals surface area contributed by atoms with Crippen LogP contribution >= 0.6 is 0 Å². The van der Waals surface area contributed by atoms with Crippen molar-refractivity contribution in [3.63, 3.8) is 0 Å². The van der Waals surface area contributed by atoms with Crippen LogP contribution in [0.4, 0.5) is 0 Å². The van der Waals surface area contributed by atoms with Gasteiger partial charge in [0.05, 0.1) is 0 Å². The van der Waals surface area contributed by atoms with Crippen molar-refractivity contribution in [3.8, 4) is 5.75 Å². The monoisotopic (exact) mass is 344 g/mol. The third kappa shape index (κ3) is 4.43. The van der Waals surface area contributed by atoms with Gasteiger partial charge in [-0.3, -0.25) is 4.79 Å². The number of carbonyl (C=O) groups excluding carboxylic acids is 1. The first-order valence-corrected chi connectivity index (χ1v) is 9.15. The lowest BCUT2D eigenvalue weighted by Crippen LogP contribution is -2.52. The van der Waals surface area contributed by atoms with E-state index in [-0.39, 0.29) is 11.9 Å². The van der Waals surface area contributed by atoms with Gasteiger partial charge >= 0.3 is 0 Å². The summed E-state index contributed by atoms with van der Waals surface area (Å²) in [5, 5.41) is 0. The zero-order valence-electron chi connectivity index (χ0n) is 16.3. The molecule has 1 aliphatic rings. The molecule has 25 heavy (non-hydrogen) atoms. The highest BCUT2D eigenvalue weighted by molar-refractivity contribution is 5.97. The minimum absolute atomic E-state index is 0.115. The Morgan fingerprint density at radius 2 is 1.72 bits per heavy atom. The topological polar surface area (TPSA) is 32.8 Å². The van der Waals surface area contributed by atoms with Crippen molar-refractivity contribution >= 4 is 5.91 Å². The first-order valence-electron chi connectivity index (χ1n) is 9.15. The summed E-state index contributed by atoms with van der Waals surface area (Å²) in [4.78, 5) is 17.5. The van der Waals surface area contributed by atoms with Gasteiger partial charge in [-0.25, -0.2) is 0 Å². The maximum Gasteiger partial charge on any atom is 0.254 e. The Hall–Kier alpha value is -1.81. The SMILES string of the molecule is C=CCOc1cc(C)c(C(=O)N(C)C2CCCCC2N(C)C)c(C)c1. The van der Waals surface area contributed by atoms with E-state index >= 15 is 0 Å². The molecule has 0 aromatic heterocycles. The number of ether oxygens (including phenoxy) is 1. The molecule has 1 amide bonds. The first-order chi connectivity index (χ1) is 11.9. The van der Waals surface area contributed by atoms with Gasteiger partial charge in [-0.05, 0) is 64.0 Å². The third-order valence-electron chi connectivity index (χ3n) is 5.26. The number of nitrogens with zero attached hydrogens (tertiary/aromatic N) is 2. The van der Waals surface area contributed by atoms with E-state index in [2.05, 4.69) is 25.6 Å². The Morgan fingerprint density at radius 1 is 1.16 bits per heavy atom. The molecule has 4 heteroatoms. The summed E-state index contributed by atoms with van der Waals surface area (Å²) >= 11 is 0. The molecule has 1 aromatic carbocycles. The van der Waals surface area contributed by atoms with Gasteiger partial charge in [-0.15, -0.1) is 0 Å². The van der Waals surface area contributed by atoms with Crippen LogP contribution in [0.25, 0.3) is 0 Å². The van der Waals surface area contributed by atoms with Crippen LogP contribution in [0.15, 0.2) is 24.8 Å². The molecule has 0 saturated heterocycles. The standard InChI is InChI=1S/C21H32N2O2/c1-7-12-25-17-13-15(2)20(16(3)14-17)21(24)23(6)19-11-9-8-10-18(19)22(4)5/h7,13-14,18-19H,1,8-12H2,2-6H3. The fourth-order valence-electron chi connectivity index (χ4n) is 3.97. The highest BCUT2D eigenvalue weighted by Gasteiger charge is 2.33. The minimum atomic E-state index is 0.115. The third-order valence-corrected chi connectivity index (χ3v) is 5.26. The Bertz CT molecular complexity index is 601. The zero-order valence-corrected chi connectivity index (χ0v) is 16.3. The molecular weight excluding hydrogens is 312 g/mol. The molecule has 138 valence electrons. The van der Waals surface area contributed by atoms with Gasteiger partial charge in [-0.1, -0.05) is 25.5 Å². The van der Waals surface area contributed by atoms with E-state index in [1.807, 2.05) is 37.9 Å². The van der Waals surface area contributed by atoms with Crippen LogP contribution in [-0.4, -0.2) is 55.5 Å². The van der Waals surface area contributed by atoms with Crippen LogP contribution in [0, 0.1) is 13.8 Å². The van der Waals surface area contributed by atoms with E-state index in [9.17, 15) is 4.79 Å². The maximum absolute atomic E-state index is 13.2. The van der Waals surface area contributed by atoms with Crippen molar-refractivity contribution in [1.82, 2.24) is 9.80 Å². The number of likely N-dealkylation sites (N-methyl/N-ethyl adjacent to an activating group) is 2. The molecule has 4 nitrogen and oxygen atoms in total. The molecule has 2 rings (SSSR count). The van der Waals surface area contributed by atoms with Gasteiger partial charge < -0.3 is 14.5 Å². The summed E-state index contributed by atoms with van der Waals surface area (Å²) < 4.78 is 5.63. The Kier molecular flexibility index (Phi) is 6.65. The lowest BCUT2D eigenvalue weighted by atomic mass is 9.88. The predicted molar refractivity (Wildman–Crippen MR) is 103 cm³/mol. The number of carbonyl (C=O) groups is 1. The second-order valence-corrected chi connectivity index (χ2v) is 7.33. The maximum atomic E-state index is 13.2. The number of hydrogen-bond donors (Lipinski definition) is 0. The average Bonchev–Trinajstić information content (AvgIpc) is 2.58. The van der Waals surface area contributed by atoms with Crippen molar-refractivity contribution in [2.75, 3.05) is 27.7 Å². The Balaban J connectivity index is 2.25. The Morgan fingerprint density at radius 3 is 2.24 bits per heavy atom. The van der Waals surface area contributed by atoms with Crippen LogP contribution in [0.1, 0.15) is 47.2 Å².